The van der Waals surface area contributed by atoms with E-state index in [1.807, 2.05) is 0 Å². The van der Waals surface area contributed by atoms with Crippen LogP contribution in [-0.4, -0.2) is 18.3 Å². The van der Waals surface area contributed by atoms with Crippen molar-refractivity contribution < 1.29 is 18.3 Å². The van der Waals surface area contributed by atoms with Crippen molar-refractivity contribution >= 4 is 5.69 Å². The molecule has 0 unspecified atom stereocenters. The standard InChI is InChI=1S/C11H14F3NO/c12-8-6-9(13)11(10(14)7-8)15-4-2-1-3-5-16/h6-7,15-16H,1-5H2. The monoisotopic (exact) mass is 233 g/mol. The summed E-state index contributed by atoms with van der Waals surface area (Å²) in [4.78, 5) is 0. The van der Waals surface area contributed by atoms with Crippen LogP contribution in [0.1, 0.15) is 19.3 Å². The molecule has 0 aromatic heterocycles. The number of anilines is 1. The molecule has 0 heterocycles. The Morgan fingerprint density at radius 1 is 1.00 bits per heavy atom. The van der Waals surface area contributed by atoms with Crippen LogP contribution in [0.3, 0.4) is 0 Å². The van der Waals surface area contributed by atoms with Crippen molar-refractivity contribution in [3.63, 3.8) is 0 Å². The molecule has 0 fully saturated rings. The Kier molecular flexibility index (Phi) is 5.11. The second-order valence-electron chi connectivity index (χ2n) is 3.46. The molecule has 0 amide bonds. The van der Waals surface area contributed by atoms with Gasteiger partial charge in [-0.25, -0.2) is 13.2 Å². The molecule has 0 aliphatic rings. The zero-order valence-electron chi connectivity index (χ0n) is 8.77. The van der Waals surface area contributed by atoms with Crippen LogP contribution in [0.2, 0.25) is 0 Å². The highest BCUT2D eigenvalue weighted by Crippen LogP contribution is 2.20. The average molecular weight is 233 g/mol. The van der Waals surface area contributed by atoms with E-state index < -0.39 is 17.5 Å². The van der Waals surface area contributed by atoms with E-state index in [9.17, 15) is 13.2 Å². The number of hydrogen-bond donors (Lipinski definition) is 2. The van der Waals surface area contributed by atoms with Crippen molar-refractivity contribution in [3.8, 4) is 0 Å². The summed E-state index contributed by atoms with van der Waals surface area (Å²) in [5.74, 6) is -2.79. The molecule has 0 saturated heterocycles. The molecule has 2 N–H and O–H groups in total. The summed E-state index contributed by atoms with van der Waals surface area (Å²) in [6, 6.07) is 1.28. The second kappa shape index (κ2) is 6.37. The topological polar surface area (TPSA) is 32.3 Å². The number of benzene rings is 1. The van der Waals surface area contributed by atoms with Gasteiger partial charge in [0.1, 0.15) is 11.5 Å². The molecule has 1 aromatic carbocycles. The van der Waals surface area contributed by atoms with Crippen LogP contribution in [-0.2, 0) is 0 Å². The maximum atomic E-state index is 13.1. The van der Waals surface area contributed by atoms with Crippen LogP contribution in [0.4, 0.5) is 18.9 Å². The lowest BCUT2D eigenvalue weighted by atomic mass is 10.2. The van der Waals surface area contributed by atoms with Crippen LogP contribution in [0.5, 0.6) is 0 Å². The van der Waals surface area contributed by atoms with Gasteiger partial charge in [-0.2, -0.15) is 0 Å². The zero-order chi connectivity index (χ0) is 12.0. The fraction of sp³-hybridized carbons (Fsp3) is 0.455. The molecule has 0 aliphatic carbocycles. The van der Waals surface area contributed by atoms with Crippen molar-refractivity contribution in [1.82, 2.24) is 0 Å². The normalized spacial score (nSPS) is 10.5. The molecule has 0 saturated carbocycles. The van der Waals surface area contributed by atoms with Crippen molar-refractivity contribution in [2.24, 2.45) is 0 Å². The van der Waals surface area contributed by atoms with Crippen LogP contribution >= 0.6 is 0 Å². The molecule has 2 nitrogen and oxygen atoms in total. The molecule has 16 heavy (non-hydrogen) atoms. The summed E-state index contributed by atoms with van der Waals surface area (Å²) in [5.41, 5.74) is -0.301. The Morgan fingerprint density at radius 2 is 1.62 bits per heavy atom. The van der Waals surface area contributed by atoms with E-state index in [4.69, 9.17) is 5.11 Å². The van der Waals surface area contributed by atoms with Gasteiger partial charge in [0.2, 0.25) is 0 Å². The molecular formula is C11H14F3NO. The molecular weight excluding hydrogens is 219 g/mol. The molecule has 5 heteroatoms. The van der Waals surface area contributed by atoms with E-state index in [1.54, 1.807) is 0 Å². The minimum atomic E-state index is -0.931. The van der Waals surface area contributed by atoms with E-state index in [2.05, 4.69) is 5.32 Å². The molecule has 1 aromatic rings. The number of nitrogens with one attached hydrogen (secondary N) is 1. The maximum Gasteiger partial charge on any atom is 0.152 e. The molecule has 0 radical (unpaired) electrons. The second-order valence-corrected chi connectivity index (χ2v) is 3.46. The average Bonchev–Trinajstić information content (AvgIpc) is 2.20. The van der Waals surface area contributed by atoms with Crippen molar-refractivity contribution in [1.29, 1.82) is 0 Å². The predicted octanol–water partition coefficient (Wildman–Crippen LogP) is 2.68. The SMILES string of the molecule is OCCCCCNc1c(F)cc(F)cc1F. The number of rotatable bonds is 6. The zero-order valence-corrected chi connectivity index (χ0v) is 8.77. The Hall–Kier alpha value is -1.23. The smallest absolute Gasteiger partial charge is 0.152 e. The Labute approximate surface area is 92.1 Å². The summed E-state index contributed by atoms with van der Waals surface area (Å²) in [6.45, 7) is 0.499. The van der Waals surface area contributed by atoms with Gasteiger partial charge >= 0.3 is 0 Å². The first-order chi connectivity index (χ1) is 7.65. The summed E-state index contributed by atoms with van der Waals surface area (Å²) in [5, 5.41) is 11.1. The molecule has 1 rings (SSSR count). The van der Waals surface area contributed by atoms with Gasteiger partial charge < -0.3 is 10.4 Å². The first-order valence-electron chi connectivity index (χ1n) is 5.14. The molecule has 0 bridgehead atoms. The third-order valence-corrected chi connectivity index (χ3v) is 2.14. The first-order valence-corrected chi connectivity index (χ1v) is 5.14. The van der Waals surface area contributed by atoms with Gasteiger partial charge in [-0.05, 0) is 19.3 Å². The van der Waals surface area contributed by atoms with Gasteiger partial charge in [0, 0.05) is 25.3 Å². The first kappa shape index (κ1) is 12.8. The third kappa shape index (κ3) is 3.73. The van der Waals surface area contributed by atoms with E-state index >= 15 is 0 Å². The quantitative estimate of drug-likeness (QED) is 0.740. The minimum absolute atomic E-state index is 0.110. The highest BCUT2D eigenvalue weighted by Gasteiger charge is 2.10. The minimum Gasteiger partial charge on any atom is -0.396 e. The van der Waals surface area contributed by atoms with E-state index in [0.29, 0.717) is 31.5 Å². The van der Waals surface area contributed by atoms with Gasteiger partial charge in [-0.1, -0.05) is 0 Å². The van der Waals surface area contributed by atoms with E-state index in [0.717, 1.165) is 6.42 Å². The number of hydrogen-bond acceptors (Lipinski definition) is 2. The summed E-state index contributed by atoms with van der Waals surface area (Å²) >= 11 is 0. The van der Waals surface area contributed by atoms with Crippen molar-refractivity contribution in [2.75, 3.05) is 18.5 Å². The Morgan fingerprint density at radius 3 is 2.19 bits per heavy atom. The lowest BCUT2D eigenvalue weighted by Gasteiger charge is -2.08. The summed E-state index contributed by atoms with van der Waals surface area (Å²) in [7, 11) is 0. The van der Waals surface area contributed by atoms with Gasteiger partial charge in [-0.3, -0.25) is 0 Å². The largest absolute Gasteiger partial charge is 0.396 e. The van der Waals surface area contributed by atoms with Gasteiger partial charge in [0.05, 0.1) is 0 Å². The molecule has 0 spiro atoms. The summed E-state index contributed by atoms with van der Waals surface area (Å²) < 4.78 is 38.8. The van der Waals surface area contributed by atoms with Gasteiger partial charge in [0.15, 0.2) is 11.6 Å². The molecule has 0 atom stereocenters. The van der Waals surface area contributed by atoms with Crippen molar-refractivity contribution in [3.05, 3.63) is 29.6 Å². The fourth-order valence-corrected chi connectivity index (χ4v) is 1.34. The van der Waals surface area contributed by atoms with Crippen molar-refractivity contribution in [2.45, 2.75) is 19.3 Å². The number of unbranched alkanes of at least 4 members (excludes halogenated alkanes) is 2. The number of aliphatic hydroxyl groups excluding tert-OH is 1. The van der Waals surface area contributed by atoms with E-state index in [-0.39, 0.29) is 12.3 Å². The molecule has 90 valence electrons. The molecule has 0 aliphatic heterocycles. The highest BCUT2D eigenvalue weighted by molar-refractivity contribution is 5.46. The lowest BCUT2D eigenvalue weighted by molar-refractivity contribution is 0.283. The summed E-state index contributed by atoms with van der Waals surface area (Å²) in [6.07, 6.45) is 2.13. The maximum absolute atomic E-state index is 13.1. The van der Waals surface area contributed by atoms with Crippen LogP contribution in [0.25, 0.3) is 0 Å². The third-order valence-electron chi connectivity index (χ3n) is 2.14. The van der Waals surface area contributed by atoms with Crippen LogP contribution in [0.15, 0.2) is 12.1 Å². The lowest BCUT2D eigenvalue weighted by Crippen LogP contribution is -2.06. The number of halogens is 3. The number of aliphatic hydroxyl groups is 1. The fourth-order valence-electron chi connectivity index (χ4n) is 1.34. The van der Waals surface area contributed by atoms with Crippen LogP contribution < -0.4 is 5.32 Å². The van der Waals surface area contributed by atoms with Crippen LogP contribution in [0, 0.1) is 17.5 Å². The van der Waals surface area contributed by atoms with Gasteiger partial charge in [-0.15, -0.1) is 0 Å². The Balaban J connectivity index is 2.47. The Bertz CT molecular complexity index is 321. The van der Waals surface area contributed by atoms with Gasteiger partial charge in [0.25, 0.3) is 0 Å². The predicted molar refractivity (Wildman–Crippen MR) is 55.7 cm³/mol. The van der Waals surface area contributed by atoms with E-state index in [1.165, 1.54) is 0 Å². The highest BCUT2D eigenvalue weighted by atomic mass is 19.1.